The molecule has 0 bridgehead atoms. The van der Waals surface area contributed by atoms with Gasteiger partial charge in [-0.3, -0.25) is 0 Å². The van der Waals surface area contributed by atoms with Gasteiger partial charge in [-0.2, -0.15) is 0 Å². The maximum atomic E-state index is 10.8. The molecular weight excluding hydrogens is 170 g/mol. The van der Waals surface area contributed by atoms with Crippen LogP contribution in [-0.4, -0.2) is 18.1 Å². The maximum absolute atomic E-state index is 10.8. The summed E-state index contributed by atoms with van der Waals surface area (Å²) >= 11 is 0. The highest BCUT2D eigenvalue weighted by Crippen LogP contribution is 2.03. The van der Waals surface area contributed by atoms with E-state index in [2.05, 4.69) is 15.6 Å². The van der Waals surface area contributed by atoms with Crippen molar-refractivity contribution in [2.75, 3.05) is 7.05 Å². The molecule has 1 aromatic rings. The molecule has 1 aromatic heterocycles. The van der Waals surface area contributed by atoms with Gasteiger partial charge in [0.25, 0.3) is 0 Å². The zero-order valence-electron chi connectivity index (χ0n) is 7.76. The highest BCUT2D eigenvalue weighted by atomic mass is 16.4. The summed E-state index contributed by atoms with van der Waals surface area (Å²) in [5, 5.41) is 5.02. The summed E-state index contributed by atoms with van der Waals surface area (Å²) in [7, 11) is 1.56. The van der Waals surface area contributed by atoms with E-state index in [-0.39, 0.29) is 6.03 Å². The molecule has 0 atom stereocenters. The highest BCUT2D eigenvalue weighted by Gasteiger charge is 2.03. The lowest BCUT2D eigenvalue weighted by atomic mass is 10.4. The first kappa shape index (κ1) is 9.57. The predicted molar refractivity (Wildman–Crippen MR) is 47.2 cm³/mol. The molecule has 0 aliphatic rings. The summed E-state index contributed by atoms with van der Waals surface area (Å²) in [5.74, 6) is 1.36. The summed E-state index contributed by atoms with van der Waals surface area (Å²) in [4.78, 5) is 14.8. The van der Waals surface area contributed by atoms with Crippen molar-refractivity contribution in [3.05, 3.63) is 17.8 Å². The van der Waals surface area contributed by atoms with E-state index in [0.29, 0.717) is 12.4 Å². The topological polar surface area (TPSA) is 67.2 Å². The highest BCUT2D eigenvalue weighted by molar-refractivity contribution is 5.73. The third-order valence-corrected chi connectivity index (χ3v) is 1.58. The van der Waals surface area contributed by atoms with Gasteiger partial charge in [0.2, 0.25) is 5.89 Å². The van der Waals surface area contributed by atoms with Gasteiger partial charge in [-0.25, -0.2) is 9.78 Å². The van der Waals surface area contributed by atoms with E-state index >= 15 is 0 Å². The van der Waals surface area contributed by atoms with Gasteiger partial charge < -0.3 is 15.1 Å². The molecule has 1 rings (SSSR count). The number of carbonyl (C=O) groups excluding carboxylic acids is 1. The molecule has 0 aromatic carbocycles. The van der Waals surface area contributed by atoms with Crippen LogP contribution < -0.4 is 10.6 Å². The van der Waals surface area contributed by atoms with Gasteiger partial charge in [-0.15, -0.1) is 0 Å². The van der Waals surface area contributed by atoms with Crippen molar-refractivity contribution in [1.82, 2.24) is 15.6 Å². The van der Waals surface area contributed by atoms with Crippen LogP contribution in [0.1, 0.15) is 18.6 Å². The molecule has 0 unspecified atom stereocenters. The number of urea groups is 1. The minimum atomic E-state index is -0.240. The first-order chi connectivity index (χ1) is 6.26. The van der Waals surface area contributed by atoms with Crippen LogP contribution in [-0.2, 0) is 13.0 Å². The van der Waals surface area contributed by atoms with Crippen LogP contribution in [0.5, 0.6) is 0 Å². The van der Waals surface area contributed by atoms with Crippen LogP contribution in [0.3, 0.4) is 0 Å². The third kappa shape index (κ3) is 2.77. The molecule has 2 amide bonds. The molecule has 0 aliphatic heterocycles. The third-order valence-electron chi connectivity index (χ3n) is 1.58. The van der Waals surface area contributed by atoms with Crippen molar-refractivity contribution in [3.63, 3.8) is 0 Å². The second kappa shape index (κ2) is 4.49. The fourth-order valence-electron chi connectivity index (χ4n) is 0.837. The Morgan fingerprint density at radius 3 is 3.00 bits per heavy atom. The fourth-order valence-corrected chi connectivity index (χ4v) is 0.837. The fraction of sp³-hybridized carbons (Fsp3) is 0.500. The SMILES string of the molecule is CCc1cnc(CNC(=O)NC)o1. The van der Waals surface area contributed by atoms with E-state index in [1.165, 1.54) is 0 Å². The summed E-state index contributed by atoms with van der Waals surface area (Å²) in [6.07, 6.45) is 2.48. The zero-order chi connectivity index (χ0) is 9.68. The molecule has 0 spiro atoms. The van der Waals surface area contributed by atoms with Crippen LogP contribution >= 0.6 is 0 Å². The summed E-state index contributed by atoms with van der Waals surface area (Å²) in [5.41, 5.74) is 0. The van der Waals surface area contributed by atoms with Crippen molar-refractivity contribution in [3.8, 4) is 0 Å². The standard InChI is InChI=1S/C8H13N3O2/c1-3-6-4-10-7(13-6)5-11-8(12)9-2/h4H,3,5H2,1-2H3,(H2,9,11,12). The molecule has 0 saturated heterocycles. The van der Waals surface area contributed by atoms with Gasteiger partial charge in [0.05, 0.1) is 12.7 Å². The van der Waals surface area contributed by atoms with Crippen molar-refractivity contribution in [2.24, 2.45) is 0 Å². The Morgan fingerprint density at radius 1 is 1.69 bits per heavy atom. The van der Waals surface area contributed by atoms with E-state index in [1.807, 2.05) is 6.92 Å². The quantitative estimate of drug-likeness (QED) is 0.723. The molecule has 2 N–H and O–H groups in total. The second-order valence-electron chi connectivity index (χ2n) is 2.51. The number of aromatic nitrogens is 1. The summed E-state index contributed by atoms with van der Waals surface area (Å²) < 4.78 is 5.27. The molecule has 13 heavy (non-hydrogen) atoms. The zero-order valence-corrected chi connectivity index (χ0v) is 7.76. The Bertz CT molecular complexity index is 283. The Labute approximate surface area is 76.5 Å². The number of aryl methyl sites for hydroxylation is 1. The van der Waals surface area contributed by atoms with Crippen LogP contribution in [0.15, 0.2) is 10.6 Å². The van der Waals surface area contributed by atoms with E-state index in [1.54, 1.807) is 13.2 Å². The van der Waals surface area contributed by atoms with Gasteiger partial charge in [-0.05, 0) is 0 Å². The molecule has 0 radical (unpaired) electrons. The number of carbonyl (C=O) groups is 1. The Morgan fingerprint density at radius 2 is 2.46 bits per heavy atom. The van der Waals surface area contributed by atoms with Crippen molar-refractivity contribution in [2.45, 2.75) is 19.9 Å². The van der Waals surface area contributed by atoms with Gasteiger partial charge >= 0.3 is 6.03 Å². The van der Waals surface area contributed by atoms with Crippen LogP contribution in [0.25, 0.3) is 0 Å². The molecule has 0 fully saturated rings. The predicted octanol–water partition coefficient (Wildman–Crippen LogP) is 0.666. The van der Waals surface area contributed by atoms with E-state index in [9.17, 15) is 4.79 Å². The smallest absolute Gasteiger partial charge is 0.314 e. The van der Waals surface area contributed by atoms with Crippen molar-refractivity contribution < 1.29 is 9.21 Å². The molecule has 5 heteroatoms. The minimum absolute atomic E-state index is 0.240. The Hall–Kier alpha value is -1.52. The summed E-state index contributed by atoms with van der Waals surface area (Å²) in [6.45, 7) is 2.30. The Kier molecular flexibility index (Phi) is 3.31. The lowest BCUT2D eigenvalue weighted by Crippen LogP contribution is -2.32. The van der Waals surface area contributed by atoms with Crippen LogP contribution in [0.2, 0.25) is 0 Å². The summed E-state index contributed by atoms with van der Waals surface area (Å²) in [6, 6.07) is -0.240. The molecule has 1 heterocycles. The maximum Gasteiger partial charge on any atom is 0.314 e. The monoisotopic (exact) mass is 183 g/mol. The van der Waals surface area contributed by atoms with Gasteiger partial charge in [0, 0.05) is 13.5 Å². The van der Waals surface area contributed by atoms with Crippen LogP contribution in [0.4, 0.5) is 4.79 Å². The molecular formula is C8H13N3O2. The minimum Gasteiger partial charge on any atom is -0.444 e. The van der Waals surface area contributed by atoms with Gasteiger partial charge in [0.1, 0.15) is 5.76 Å². The largest absolute Gasteiger partial charge is 0.444 e. The lowest BCUT2D eigenvalue weighted by Gasteiger charge is -1.99. The first-order valence-electron chi connectivity index (χ1n) is 4.15. The van der Waals surface area contributed by atoms with Crippen molar-refractivity contribution >= 4 is 6.03 Å². The lowest BCUT2D eigenvalue weighted by molar-refractivity contribution is 0.241. The number of nitrogens with one attached hydrogen (secondary N) is 2. The first-order valence-corrected chi connectivity index (χ1v) is 4.15. The number of nitrogens with zero attached hydrogens (tertiary/aromatic N) is 1. The normalized spacial score (nSPS) is 9.69. The number of oxazole rings is 1. The molecule has 0 aliphatic carbocycles. The molecule has 0 saturated carbocycles. The molecule has 5 nitrogen and oxygen atoms in total. The average molecular weight is 183 g/mol. The van der Waals surface area contributed by atoms with Gasteiger partial charge in [-0.1, -0.05) is 6.92 Å². The second-order valence-corrected chi connectivity index (χ2v) is 2.51. The van der Waals surface area contributed by atoms with E-state index < -0.39 is 0 Å². The van der Waals surface area contributed by atoms with Crippen molar-refractivity contribution in [1.29, 1.82) is 0 Å². The molecule has 72 valence electrons. The number of rotatable bonds is 3. The van der Waals surface area contributed by atoms with Gasteiger partial charge in [0.15, 0.2) is 0 Å². The van der Waals surface area contributed by atoms with Crippen LogP contribution in [0, 0.1) is 0 Å². The number of hydrogen-bond donors (Lipinski definition) is 2. The van der Waals surface area contributed by atoms with E-state index in [4.69, 9.17) is 4.42 Å². The number of amides is 2. The Balaban J connectivity index is 2.41. The van der Waals surface area contributed by atoms with E-state index in [0.717, 1.165) is 12.2 Å². The number of hydrogen-bond acceptors (Lipinski definition) is 3. The average Bonchev–Trinajstić information content (AvgIpc) is 2.61.